The molecular formula is C14H22ClNO2. The van der Waals surface area contributed by atoms with E-state index in [9.17, 15) is 5.11 Å². The SMILES string of the molecule is COCCN(c1ccc([C@H](C)O)cc1Cl)C(C)C. The summed E-state index contributed by atoms with van der Waals surface area (Å²) < 4.78 is 5.12. The first-order valence-corrected chi connectivity index (χ1v) is 6.58. The largest absolute Gasteiger partial charge is 0.389 e. The minimum Gasteiger partial charge on any atom is -0.389 e. The molecule has 0 fully saturated rings. The lowest BCUT2D eigenvalue weighted by Gasteiger charge is -2.30. The summed E-state index contributed by atoms with van der Waals surface area (Å²) in [5.41, 5.74) is 1.81. The number of benzene rings is 1. The highest BCUT2D eigenvalue weighted by molar-refractivity contribution is 6.33. The van der Waals surface area contributed by atoms with Crippen LogP contribution in [-0.2, 0) is 4.74 Å². The monoisotopic (exact) mass is 271 g/mol. The van der Waals surface area contributed by atoms with E-state index in [0.717, 1.165) is 17.8 Å². The van der Waals surface area contributed by atoms with Gasteiger partial charge in [0.1, 0.15) is 0 Å². The van der Waals surface area contributed by atoms with E-state index in [0.29, 0.717) is 17.7 Å². The maximum absolute atomic E-state index is 9.54. The van der Waals surface area contributed by atoms with Crippen LogP contribution < -0.4 is 4.90 Å². The van der Waals surface area contributed by atoms with E-state index < -0.39 is 6.10 Å². The lowest BCUT2D eigenvalue weighted by molar-refractivity contribution is 0.199. The van der Waals surface area contributed by atoms with E-state index in [-0.39, 0.29) is 0 Å². The van der Waals surface area contributed by atoms with Gasteiger partial charge in [0.15, 0.2) is 0 Å². The molecule has 18 heavy (non-hydrogen) atoms. The van der Waals surface area contributed by atoms with Crippen molar-refractivity contribution in [3.8, 4) is 0 Å². The number of aliphatic hydroxyl groups excluding tert-OH is 1. The van der Waals surface area contributed by atoms with Gasteiger partial charge in [-0.05, 0) is 38.5 Å². The Morgan fingerprint density at radius 2 is 2.00 bits per heavy atom. The maximum atomic E-state index is 9.54. The lowest BCUT2D eigenvalue weighted by Crippen LogP contribution is -2.34. The molecule has 0 spiro atoms. The molecule has 4 heteroatoms. The molecule has 1 aromatic carbocycles. The Labute approximate surface area is 114 Å². The summed E-state index contributed by atoms with van der Waals surface area (Å²) in [6, 6.07) is 6.03. The van der Waals surface area contributed by atoms with Gasteiger partial charge in [0.2, 0.25) is 0 Å². The average Bonchev–Trinajstić information content (AvgIpc) is 2.30. The normalized spacial score (nSPS) is 12.8. The van der Waals surface area contributed by atoms with E-state index >= 15 is 0 Å². The molecule has 3 nitrogen and oxygen atoms in total. The minimum absolute atomic E-state index is 0.343. The van der Waals surface area contributed by atoms with E-state index in [1.54, 1.807) is 14.0 Å². The number of methoxy groups -OCH3 is 1. The van der Waals surface area contributed by atoms with Crippen molar-refractivity contribution in [2.45, 2.75) is 32.9 Å². The minimum atomic E-state index is -0.497. The second-order valence-corrected chi connectivity index (χ2v) is 5.07. The molecule has 0 saturated heterocycles. The molecule has 0 amide bonds. The Bertz CT molecular complexity index is 380. The van der Waals surface area contributed by atoms with Crippen LogP contribution in [0.15, 0.2) is 18.2 Å². The topological polar surface area (TPSA) is 32.7 Å². The molecule has 0 heterocycles. The fourth-order valence-corrected chi connectivity index (χ4v) is 2.16. The summed E-state index contributed by atoms with van der Waals surface area (Å²) in [5.74, 6) is 0. The number of rotatable bonds is 6. The third kappa shape index (κ3) is 3.87. The predicted octanol–water partition coefficient (Wildman–Crippen LogP) is 3.25. The van der Waals surface area contributed by atoms with Gasteiger partial charge >= 0.3 is 0 Å². The third-order valence-corrected chi connectivity index (χ3v) is 3.23. The highest BCUT2D eigenvalue weighted by Crippen LogP contribution is 2.30. The fraction of sp³-hybridized carbons (Fsp3) is 0.571. The summed E-state index contributed by atoms with van der Waals surface area (Å²) >= 11 is 6.30. The molecule has 0 bridgehead atoms. The summed E-state index contributed by atoms with van der Waals surface area (Å²) in [4.78, 5) is 2.19. The van der Waals surface area contributed by atoms with Crippen molar-refractivity contribution in [3.05, 3.63) is 28.8 Å². The molecule has 0 saturated carbocycles. The van der Waals surface area contributed by atoms with Crippen molar-refractivity contribution in [3.63, 3.8) is 0 Å². The standard InChI is InChI=1S/C14H22ClNO2/c1-10(2)16(7-8-18-4)14-6-5-12(11(3)17)9-13(14)15/h5-6,9-11,17H,7-8H2,1-4H3/t11-/m0/s1. The van der Waals surface area contributed by atoms with Crippen LogP contribution in [0, 0.1) is 0 Å². The van der Waals surface area contributed by atoms with Gasteiger partial charge in [-0.2, -0.15) is 0 Å². The van der Waals surface area contributed by atoms with Crippen LogP contribution in [-0.4, -0.2) is 31.4 Å². The summed E-state index contributed by atoms with van der Waals surface area (Å²) in [5, 5.41) is 10.2. The number of ether oxygens (including phenoxy) is 1. The van der Waals surface area contributed by atoms with E-state index in [1.165, 1.54) is 0 Å². The Hall–Kier alpha value is -0.770. The molecular weight excluding hydrogens is 250 g/mol. The first-order valence-electron chi connectivity index (χ1n) is 6.20. The van der Waals surface area contributed by atoms with E-state index in [2.05, 4.69) is 18.7 Å². The molecule has 1 N–H and O–H groups in total. The molecule has 0 aliphatic rings. The quantitative estimate of drug-likeness (QED) is 0.862. The first-order chi connectivity index (χ1) is 8.47. The first kappa shape index (κ1) is 15.3. The summed E-state index contributed by atoms with van der Waals surface area (Å²) in [6.07, 6.45) is -0.497. The highest BCUT2D eigenvalue weighted by Gasteiger charge is 2.14. The van der Waals surface area contributed by atoms with E-state index in [1.807, 2.05) is 18.2 Å². The number of aliphatic hydroxyl groups is 1. The molecule has 1 rings (SSSR count). The van der Waals surface area contributed by atoms with Gasteiger partial charge in [0.25, 0.3) is 0 Å². The molecule has 1 atom stereocenters. The maximum Gasteiger partial charge on any atom is 0.0762 e. The molecule has 0 aromatic heterocycles. The lowest BCUT2D eigenvalue weighted by atomic mass is 10.1. The van der Waals surface area contributed by atoms with E-state index in [4.69, 9.17) is 16.3 Å². The van der Waals surface area contributed by atoms with Gasteiger partial charge in [-0.15, -0.1) is 0 Å². The van der Waals surface area contributed by atoms with Crippen molar-refractivity contribution in [2.24, 2.45) is 0 Å². The van der Waals surface area contributed by atoms with Gasteiger partial charge in [-0.25, -0.2) is 0 Å². The van der Waals surface area contributed by atoms with Crippen molar-refractivity contribution < 1.29 is 9.84 Å². The van der Waals surface area contributed by atoms with Crippen LogP contribution in [0.3, 0.4) is 0 Å². The van der Waals surface area contributed by atoms with Crippen molar-refractivity contribution in [1.82, 2.24) is 0 Å². The Balaban J connectivity index is 2.98. The summed E-state index contributed by atoms with van der Waals surface area (Å²) in [7, 11) is 1.69. The van der Waals surface area contributed by atoms with Gasteiger partial charge in [-0.1, -0.05) is 17.7 Å². The summed E-state index contributed by atoms with van der Waals surface area (Å²) in [6.45, 7) is 7.42. The molecule has 102 valence electrons. The van der Waals surface area contributed by atoms with Crippen LogP contribution in [0.1, 0.15) is 32.4 Å². The van der Waals surface area contributed by atoms with Gasteiger partial charge in [0, 0.05) is 19.7 Å². The van der Waals surface area contributed by atoms with Crippen LogP contribution >= 0.6 is 11.6 Å². The Morgan fingerprint density at radius 3 is 2.44 bits per heavy atom. The number of nitrogens with zero attached hydrogens (tertiary/aromatic N) is 1. The van der Waals surface area contributed by atoms with Crippen LogP contribution in [0.4, 0.5) is 5.69 Å². The molecule has 0 radical (unpaired) electrons. The third-order valence-electron chi connectivity index (χ3n) is 2.92. The highest BCUT2D eigenvalue weighted by atomic mass is 35.5. The molecule has 1 aromatic rings. The van der Waals surface area contributed by atoms with Crippen LogP contribution in [0.5, 0.6) is 0 Å². The Morgan fingerprint density at radius 1 is 1.33 bits per heavy atom. The van der Waals surface area contributed by atoms with Crippen molar-refractivity contribution in [2.75, 3.05) is 25.2 Å². The van der Waals surface area contributed by atoms with Gasteiger partial charge in [-0.3, -0.25) is 0 Å². The molecule has 0 aliphatic heterocycles. The fourth-order valence-electron chi connectivity index (χ4n) is 1.86. The average molecular weight is 272 g/mol. The number of hydrogen-bond donors (Lipinski definition) is 1. The smallest absolute Gasteiger partial charge is 0.0762 e. The second kappa shape index (κ2) is 6.98. The zero-order chi connectivity index (χ0) is 13.7. The number of hydrogen-bond acceptors (Lipinski definition) is 3. The Kier molecular flexibility index (Phi) is 5.93. The zero-order valence-electron chi connectivity index (χ0n) is 11.5. The van der Waals surface area contributed by atoms with Crippen molar-refractivity contribution in [1.29, 1.82) is 0 Å². The van der Waals surface area contributed by atoms with Crippen LogP contribution in [0.25, 0.3) is 0 Å². The van der Waals surface area contributed by atoms with Gasteiger partial charge in [0.05, 0.1) is 23.4 Å². The van der Waals surface area contributed by atoms with Crippen molar-refractivity contribution >= 4 is 17.3 Å². The van der Waals surface area contributed by atoms with Crippen LogP contribution in [0.2, 0.25) is 5.02 Å². The van der Waals surface area contributed by atoms with Gasteiger partial charge < -0.3 is 14.7 Å². The molecule has 0 unspecified atom stereocenters. The second-order valence-electron chi connectivity index (χ2n) is 4.67. The predicted molar refractivity (Wildman–Crippen MR) is 76.4 cm³/mol. The number of anilines is 1. The molecule has 0 aliphatic carbocycles. The zero-order valence-corrected chi connectivity index (χ0v) is 12.2. The number of halogens is 1.